The van der Waals surface area contributed by atoms with Gasteiger partial charge in [0.05, 0.1) is 11.0 Å². The standard InChI is InChI=1S/C20H21F3N4O2/c1-10(2)27-16-6-5-13(8-15(16)26-19(27)20(21,22)23)17(28)24-9-14-11(3)7-12(4)25-18(14)29/h5-8,10H,9H2,1-4H3,(H,24,28)(H,25,29). The van der Waals surface area contributed by atoms with Crippen molar-refractivity contribution in [1.29, 1.82) is 0 Å². The van der Waals surface area contributed by atoms with Crippen molar-refractivity contribution in [3.05, 3.63) is 62.8 Å². The van der Waals surface area contributed by atoms with Crippen LogP contribution in [0.25, 0.3) is 11.0 Å². The number of pyridine rings is 1. The molecule has 0 bridgehead atoms. The Morgan fingerprint density at radius 2 is 1.93 bits per heavy atom. The SMILES string of the molecule is Cc1cc(C)c(CNC(=O)c2ccc3c(c2)nc(C(F)(F)F)n3C(C)C)c(=O)[nH]1. The zero-order chi connectivity index (χ0) is 21.5. The van der Waals surface area contributed by atoms with E-state index in [-0.39, 0.29) is 23.2 Å². The summed E-state index contributed by atoms with van der Waals surface area (Å²) in [4.78, 5) is 30.9. The van der Waals surface area contributed by atoms with Crippen LogP contribution in [0.5, 0.6) is 0 Å². The van der Waals surface area contributed by atoms with E-state index < -0.39 is 23.9 Å². The molecule has 0 fully saturated rings. The first-order valence-electron chi connectivity index (χ1n) is 9.06. The molecule has 3 rings (SSSR count). The number of imidazole rings is 1. The first-order valence-corrected chi connectivity index (χ1v) is 9.06. The first kappa shape index (κ1) is 20.6. The summed E-state index contributed by atoms with van der Waals surface area (Å²) in [5.41, 5.74) is 2.15. The number of alkyl halides is 3. The number of aryl methyl sites for hydroxylation is 2. The maximum atomic E-state index is 13.3. The molecule has 0 saturated heterocycles. The van der Waals surface area contributed by atoms with Crippen LogP contribution in [-0.2, 0) is 12.7 Å². The maximum Gasteiger partial charge on any atom is 0.449 e. The summed E-state index contributed by atoms with van der Waals surface area (Å²) in [6.45, 7) is 6.81. The number of fused-ring (bicyclic) bond motifs is 1. The van der Waals surface area contributed by atoms with E-state index >= 15 is 0 Å². The van der Waals surface area contributed by atoms with Crippen LogP contribution in [0.15, 0.2) is 29.1 Å². The number of aromatic nitrogens is 3. The van der Waals surface area contributed by atoms with Crippen LogP contribution >= 0.6 is 0 Å². The number of hydrogen-bond acceptors (Lipinski definition) is 3. The number of aromatic amines is 1. The topological polar surface area (TPSA) is 79.8 Å². The molecule has 0 aliphatic rings. The van der Waals surface area contributed by atoms with Crippen LogP contribution in [0.1, 0.15) is 52.9 Å². The third-order valence-corrected chi connectivity index (χ3v) is 4.64. The second-order valence-electron chi connectivity index (χ2n) is 7.23. The third-order valence-electron chi connectivity index (χ3n) is 4.64. The van der Waals surface area contributed by atoms with E-state index in [0.717, 1.165) is 10.1 Å². The fourth-order valence-electron chi connectivity index (χ4n) is 3.33. The lowest BCUT2D eigenvalue weighted by Crippen LogP contribution is -2.27. The summed E-state index contributed by atoms with van der Waals surface area (Å²) in [5, 5.41) is 2.64. The van der Waals surface area contributed by atoms with Gasteiger partial charge >= 0.3 is 6.18 Å². The van der Waals surface area contributed by atoms with Gasteiger partial charge in [-0.1, -0.05) is 0 Å². The highest BCUT2D eigenvalue weighted by molar-refractivity contribution is 5.97. The molecule has 0 aliphatic carbocycles. The smallest absolute Gasteiger partial charge is 0.348 e. The van der Waals surface area contributed by atoms with Crippen molar-refractivity contribution in [2.45, 2.75) is 46.5 Å². The van der Waals surface area contributed by atoms with E-state index in [0.29, 0.717) is 16.8 Å². The fraction of sp³-hybridized carbons (Fsp3) is 0.350. The minimum Gasteiger partial charge on any atom is -0.348 e. The van der Waals surface area contributed by atoms with Crippen LogP contribution in [-0.4, -0.2) is 20.4 Å². The Morgan fingerprint density at radius 1 is 1.24 bits per heavy atom. The van der Waals surface area contributed by atoms with Crippen molar-refractivity contribution in [3.8, 4) is 0 Å². The van der Waals surface area contributed by atoms with Gasteiger partial charge in [0.2, 0.25) is 5.82 Å². The predicted octanol–water partition coefficient (Wildman–Crippen LogP) is 3.87. The zero-order valence-corrected chi connectivity index (χ0v) is 16.4. The Balaban J connectivity index is 1.91. The number of amides is 1. The van der Waals surface area contributed by atoms with Crippen LogP contribution in [0.3, 0.4) is 0 Å². The molecule has 0 spiro atoms. The second kappa shape index (κ2) is 7.38. The lowest BCUT2D eigenvalue weighted by atomic mass is 10.1. The predicted molar refractivity (Wildman–Crippen MR) is 103 cm³/mol. The van der Waals surface area contributed by atoms with Gasteiger partial charge in [0, 0.05) is 29.4 Å². The molecule has 2 N–H and O–H groups in total. The Hall–Kier alpha value is -3.10. The Morgan fingerprint density at radius 3 is 2.52 bits per heavy atom. The molecule has 0 radical (unpaired) electrons. The highest BCUT2D eigenvalue weighted by atomic mass is 19.4. The van der Waals surface area contributed by atoms with Crippen molar-refractivity contribution in [2.75, 3.05) is 0 Å². The number of nitrogens with zero attached hydrogens (tertiary/aromatic N) is 2. The number of halogens is 3. The molecule has 1 aromatic carbocycles. The van der Waals surface area contributed by atoms with Crippen molar-refractivity contribution < 1.29 is 18.0 Å². The first-order chi connectivity index (χ1) is 13.5. The number of hydrogen-bond donors (Lipinski definition) is 2. The van der Waals surface area contributed by atoms with Crippen molar-refractivity contribution in [1.82, 2.24) is 19.9 Å². The van der Waals surface area contributed by atoms with Crippen LogP contribution < -0.4 is 10.9 Å². The summed E-state index contributed by atoms with van der Waals surface area (Å²) in [6, 6.07) is 5.57. The monoisotopic (exact) mass is 406 g/mol. The number of carbonyl (C=O) groups is 1. The second-order valence-corrected chi connectivity index (χ2v) is 7.23. The molecule has 2 heterocycles. The van der Waals surface area contributed by atoms with Crippen molar-refractivity contribution in [3.63, 3.8) is 0 Å². The highest BCUT2D eigenvalue weighted by Gasteiger charge is 2.38. The Kier molecular flexibility index (Phi) is 5.25. The van der Waals surface area contributed by atoms with Gasteiger partial charge in [0.25, 0.3) is 11.5 Å². The van der Waals surface area contributed by atoms with Crippen LogP contribution in [0.4, 0.5) is 13.2 Å². The van der Waals surface area contributed by atoms with Crippen molar-refractivity contribution in [2.24, 2.45) is 0 Å². The van der Waals surface area contributed by atoms with Crippen molar-refractivity contribution >= 4 is 16.9 Å². The van der Waals surface area contributed by atoms with E-state index in [1.807, 2.05) is 0 Å². The molecule has 29 heavy (non-hydrogen) atoms. The minimum absolute atomic E-state index is 0.00650. The molecule has 1 amide bonds. The normalized spacial score (nSPS) is 12.0. The summed E-state index contributed by atoms with van der Waals surface area (Å²) in [6.07, 6.45) is -4.60. The van der Waals surface area contributed by atoms with Gasteiger partial charge in [0.1, 0.15) is 0 Å². The average Bonchev–Trinajstić information content (AvgIpc) is 2.99. The highest BCUT2D eigenvalue weighted by Crippen LogP contribution is 2.33. The largest absolute Gasteiger partial charge is 0.449 e. The summed E-state index contributed by atoms with van der Waals surface area (Å²) in [5.74, 6) is -1.50. The van der Waals surface area contributed by atoms with E-state index in [1.165, 1.54) is 18.2 Å². The molecule has 154 valence electrons. The van der Waals surface area contributed by atoms with E-state index in [2.05, 4.69) is 15.3 Å². The summed E-state index contributed by atoms with van der Waals surface area (Å²) in [7, 11) is 0. The van der Waals surface area contributed by atoms with Crippen LogP contribution in [0, 0.1) is 13.8 Å². The molecule has 6 nitrogen and oxygen atoms in total. The van der Waals surface area contributed by atoms with Gasteiger partial charge in [-0.25, -0.2) is 4.98 Å². The number of carbonyl (C=O) groups excluding carboxylic acids is 1. The molecular formula is C20H21F3N4O2. The van der Waals surface area contributed by atoms with Gasteiger partial charge in [-0.2, -0.15) is 13.2 Å². The van der Waals surface area contributed by atoms with Gasteiger partial charge in [-0.05, 0) is 57.5 Å². The molecular weight excluding hydrogens is 385 g/mol. The van der Waals surface area contributed by atoms with Gasteiger partial charge in [-0.15, -0.1) is 0 Å². The van der Waals surface area contributed by atoms with Gasteiger partial charge < -0.3 is 14.9 Å². The van der Waals surface area contributed by atoms with Crippen LogP contribution in [0.2, 0.25) is 0 Å². The Labute approximate surface area is 164 Å². The quantitative estimate of drug-likeness (QED) is 0.690. The van der Waals surface area contributed by atoms with Gasteiger partial charge in [-0.3, -0.25) is 9.59 Å². The lowest BCUT2D eigenvalue weighted by molar-refractivity contribution is -0.147. The minimum atomic E-state index is -4.60. The molecule has 0 atom stereocenters. The average molecular weight is 406 g/mol. The van der Waals surface area contributed by atoms with E-state index in [1.54, 1.807) is 33.8 Å². The zero-order valence-electron chi connectivity index (χ0n) is 16.4. The molecule has 3 aromatic rings. The number of rotatable bonds is 4. The van der Waals surface area contributed by atoms with Gasteiger partial charge in [0.15, 0.2) is 0 Å². The summed E-state index contributed by atoms with van der Waals surface area (Å²) < 4.78 is 41.1. The molecule has 2 aromatic heterocycles. The van der Waals surface area contributed by atoms with E-state index in [9.17, 15) is 22.8 Å². The third kappa shape index (κ3) is 4.03. The van der Waals surface area contributed by atoms with E-state index in [4.69, 9.17) is 0 Å². The number of benzene rings is 1. The fourth-order valence-corrected chi connectivity index (χ4v) is 3.33. The molecule has 9 heteroatoms. The summed E-state index contributed by atoms with van der Waals surface area (Å²) >= 11 is 0. The molecule has 0 aliphatic heterocycles. The number of H-pyrrole nitrogens is 1. The molecule has 0 unspecified atom stereocenters. The molecule has 0 saturated carbocycles. The lowest BCUT2D eigenvalue weighted by Gasteiger charge is -2.14. The Bertz CT molecular complexity index is 1140. The maximum absolute atomic E-state index is 13.3. The number of nitrogens with one attached hydrogen (secondary N) is 2.